The topological polar surface area (TPSA) is 69.6 Å². The van der Waals surface area contributed by atoms with Gasteiger partial charge in [-0.3, -0.25) is 4.79 Å². The molecular formula is C62H103NO3. The summed E-state index contributed by atoms with van der Waals surface area (Å²) in [6.07, 6.45) is 87.5. The zero-order chi connectivity index (χ0) is 47.7. The number of carbonyl (C=O) groups is 1. The van der Waals surface area contributed by atoms with E-state index < -0.39 is 12.1 Å². The van der Waals surface area contributed by atoms with Crippen molar-refractivity contribution in [1.29, 1.82) is 0 Å². The number of allylic oxidation sites excluding steroid dienone is 21. The number of amides is 1. The molecule has 0 heterocycles. The lowest BCUT2D eigenvalue weighted by Crippen LogP contribution is -2.45. The molecule has 0 aliphatic carbocycles. The fourth-order valence-corrected chi connectivity index (χ4v) is 7.48. The van der Waals surface area contributed by atoms with E-state index in [0.29, 0.717) is 6.42 Å². The maximum Gasteiger partial charge on any atom is 0.220 e. The number of aliphatic hydroxyl groups excluding tert-OH is 2. The summed E-state index contributed by atoms with van der Waals surface area (Å²) in [4.78, 5) is 12.4. The molecule has 2 atom stereocenters. The molecule has 0 fully saturated rings. The number of nitrogens with one attached hydrogen (secondary N) is 1. The predicted molar refractivity (Wildman–Crippen MR) is 294 cm³/mol. The first-order valence-corrected chi connectivity index (χ1v) is 27.4. The van der Waals surface area contributed by atoms with Gasteiger partial charge in [0, 0.05) is 6.42 Å². The lowest BCUT2D eigenvalue weighted by Gasteiger charge is -2.19. The van der Waals surface area contributed by atoms with Crippen molar-refractivity contribution in [2.45, 2.75) is 244 Å². The van der Waals surface area contributed by atoms with E-state index in [2.05, 4.69) is 141 Å². The van der Waals surface area contributed by atoms with Crippen LogP contribution in [0.2, 0.25) is 0 Å². The number of unbranched alkanes of at least 4 members (excludes halogenated alkanes) is 21. The zero-order valence-corrected chi connectivity index (χ0v) is 42.9. The summed E-state index contributed by atoms with van der Waals surface area (Å²) >= 11 is 0. The maximum atomic E-state index is 12.4. The Bertz CT molecular complexity index is 1350. The van der Waals surface area contributed by atoms with E-state index in [0.717, 1.165) is 89.9 Å². The Morgan fingerprint density at radius 1 is 0.379 bits per heavy atom. The van der Waals surface area contributed by atoms with Crippen LogP contribution in [-0.2, 0) is 4.79 Å². The van der Waals surface area contributed by atoms with E-state index in [4.69, 9.17) is 0 Å². The van der Waals surface area contributed by atoms with Crippen LogP contribution in [0, 0.1) is 0 Å². The van der Waals surface area contributed by atoms with Gasteiger partial charge in [-0.2, -0.15) is 0 Å². The summed E-state index contributed by atoms with van der Waals surface area (Å²) in [7, 11) is 0. The van der Waals surface area contributed by atoms with E-state index in [9.17, 15) is 15.0 Å². The first-order valence-electron chi connectivity index (χ1n) is 27.4. The van der Waals surface area contributed by atoms with E-state index >= 15 is 0 Å². The standard InChI is InChI=1S/C62H103NO3/c1-3-5-7-9-11-13-15-17-18-19-20-21-22-23-24-25-26-27-28-29-30-31-32-33-34-35-36-37-38-39-40-41-42-43-44-46-48-50-52-54-56-58-62(66)63-60(59-64)61(65)57-55-53-51-49-47-45-16-14-12-10-8-6-4-2/h5,7,11,13,17-18,20-21,23-24,26-27,29-30,32-33,35-36,47,49,55,57,60-61,64-65H,3-4,6,8-10,12,14-16,19,22,25,28,31,34,37-46,48,50-54,56,58-59H2,1-2H3,(H,63,66)/b7-5-,13-11-,18-17-,21-20-,24-23-,27-26-,30-29-,33-32-,36-35-,49-47+,57-55+. The minimum atomic E-state index is -0.869. The van der Waals surface area contributed by atoms with Gasteiger partial charge in [0.15, 0.2) is 0 Å². The SMILES string of the molecule is CC/C=C\C/C=C\C/C=C\C/C=C\C/C=C\C/C=C\C/C=C\C/C=C\C/C=C\CCCCCCCCCCCCCCCC(=O)NC(CO)C(O)/C=C/CC/C=C/CCCCCCCCC. The third-order valence-electron chi connectivity index (χ3n) is 11.6. The summed E-state index contributed by atoms with van der Waals surface area (Å²) in [5, 5.41) is 23.0. The summed E-state index contributed by atoms with van der Waals surface area (Å²) in [5.41, 5.74) is 0. The minimum Gasteiger partial charge on any atom is -0.394 e. The highest BCUT2D eigenvalue weighted by molar-refractivity contribution is 5.76. The predicted octanol–water partition coefficient (Wildman–Crippen LogP) is 18.2. The molecular weight excluding hydrogens is 807 g/mol. The lowest BCUT2D eigenvalue weighted by molar-refractivity contribution is -0.123. The average Bonchev–Trinajstić information content (AvgIpc) is 3.32. The van der Waals surface area contributed by atoms with Crippen LogP contribution in [0.5, 0.6) is 0 Å². The molecule has 4 heteroatoms. The van der Waals surface area contributed by atoms with Crippen molar-refractivity contribution >= 4 is 5.91 Å². The molecule has 0 rings (SSSR count). The highest BCUT2D eigenvalue weighted by Crippen LogP contribution is 2.14. The Kier molecular flexibility index (Phi) is 52.9. The van der Waals surface area contributed by atoms with Crippen LogP contribution in [0.15, 0.2) is 134 Å². The van der Waals surface area contributed by atoms with Gasteiger partial charge in [-0.25, -0.2) is 0 Å². The molecule has 0 radical (unpaired) electrons. The first kappa shape index (κ1) is 62.5. The van der Waals surface area contributed by atoms with Crippen LogP contribution in [0.4, 0.5) is 0 Å². The molecule has 0 spiro atoms. The molecule has 0 aromatic rings. The van der Waals surface area contributed by atoms with Crippen LogP contribution >= 0.6 is 0 Å². The largest absolute Gasteiger partial charge is 0.394 e. The highest BCUT2D eigenvalue weighted by Gasteiger charge is 2.17. The van der Waals surface area contributed by atoms with E-state index in [1.165, 1.54) is 122 Å². The highest BCUT2D eigenvalue weighted by atomic mass is 16.3. The van der Waals surface area contributed by atoms with Gasteiger partial charge in [-0.15, -0.1) is 0 Å². The number of carbonyl (C=O) groups excluding carboxylic acids is 1. The van der Waals surface area contributed by atoms with Crippen LogP contribution in [0.25, 0.3) is 0 Å². The van der Waals surface area contributed by atoms with Crippen molar-refractivity contribution < 1.29 is 15.0 Å². The first-order chi connectivity index (χ1) is 32.7. The molecule has 4 nitrogen and oxygen atoms in total. The fraction of sp³-hybridized carbons (Fsp3) is 0.629. The van der Waals surface area contributed by atoms with Gasteiger partial charge in [0.2, 0.25) is 5.91 Å². The van der Waals surface area contributed by atoms with E-state index in [1.54, 1.807) is 6.08 Å². The second-order valence-electron chi connectivity index (χ2n) is 17.9. The Balaban J connectivity index is 3.58. The van der Waals surface area contributed by atoms with Crippen molar-refractivity contribution in [1.82, 2.24) is 5.32 Å². The Morgan fingerprint density at radius 3 is 1.06 bits per heavy atom. The second-order valence-corrected chi connectivity index (χ2v) is 17.9. The van der Waals surface area contributed by atoms with Crippen LogP contribution in [0.3, 0.4) is 0 Å². The minimum absolute atomic E-state index is 0.0810. The normalized spacial score (nSPS) is 13.9. The number of rotatable bonds is 48. The van der Waals surface area contributed by atoms with Crippen LogP contribution < -0.4 is 5.32 Å². The Morgan fingerprint density at radius 2 is 0.682 bits per heavy atom. The molecule has 2 unspecified atom stereocenters. The van der Waals surface area contributed by atoms with Gasteiger partial charge in [0.05, 0.1) is 18.8 Å². The third-order valence-corrected chi connectivity index (χ3v) is 11.6. The van der Waals surface area contributed by atoms with E-state index in [-0.39, 0.29) is 12.5 Å². The van der Waals surface area contributed by atoms with Gasteiger partial charge in [0.1, 0.15) is 0 Å². The van der Waals surface area contributed by atoms with Gasteiger partial charge < -0.3 is 15.5 Å². The van der Waals surface area contributed by atoms with Crippen LogP contribution in [0.1, 0.15) is 232 Å². The van der Waals surface area contributed by atoms with Crippen molar-refractivity contribution in [3.63, 3.8) is 0 Å². The second kappa shape index (κ2) is 55.9. The monoisotopic (exact) mass is 910 g/mol. The number of hydrogen-bond acceptors (Lipinski definition) is 3. The molecule has 0 aliphatic rings. The third kappa shape index (κ3) is 51.5. The van der Waals surface area contributed by atoms with Crippen LogP contribution in [-0.4, -0.2) is 34.9 Å². The molecule has 3 N–H and O–H groups in total. The van der Waals surface area contributed by atoms with E-state index in [1.807, 2.05) is 6.08 Å². The Labute approximate surface area is 409 Å². The van der Waals surface area contributed by atoms with Crippen molar-refractivity contribution in [3.05, 3.63) is 134 Å². The fourth-order valence-electron chi connectivity index (χ4n) is 7.48. The summed E-state index contributed by atoms with van der Waals surface area (Å²) in [6, 6.07) is -0.646. The summed E-state index contributed by atoms with van der Waals surface area (Å²) in [6.45, 7) is 4.16. The lowest BCUT2D eigenvalue weighted by atomic mass is 10.0. The Hall–Kier alpha value is -3.47. The van der Waals surface area contributed by atoms with Gasteiger partial charge in [-0.05, 0) is 103 Å². The van der Waals surface area contributed by atoms with Gasteiger partial charge >= 0.3 is 0 Å². The van der Waals surface area contributed by atoms with Crippen molar-refractivity contribution in [2.75, 3.05) is 6.61 Å². The molecule has 0 bridgehead atoms. The van der Waals surface area contributed by atoms with Gasteiger partial charge in [-0.1, -0.05) is 257 Å². The van der Waals surface area contributed by atoms with Crippen molar-refractivity contribution in [2.24, 2.45) is 0 Å². The average molecular weight is 911 g/mol. The van der Waals surface area contributed by atoms with Crippen molar-refractivity contribution in [3.8, 4) is 0 Å². The molecule has 0 aromatic carbocycles. The maximum absolute atomic E-state index is 12.4. The quantitative estimate of drug-likeness (QED) is 0.0421. The molecule has 0 saturated heterocycles. The molecule has 0 aliphatic heterocycles. The molecule has 1 amide bonds. The summed E-state index contributed by atoms with van der Waals surface area (Å²) in [5.74, 6) is -0.0810. The smallest absolute Gasteiger partial charge is 0.220 e. The number of hydrogen-bond donors (Lipinski definition) is 3. The number of aliphatic hydroxyl groups is 2. The summed E-state index contributed by atoms with van der Waals surface area (Å²) < 4.78 is 0. The molecule has 0 saturated carbocycles. The molecule has 66 heavy (non-hydrogen) atoms. The molecule has 0 aromatic heterocycles. The molecule has 374 valence electrons. The van der Waals surface area contributed by atoms with Gasteiger partial charge in [0.25, 0.3) is 0 Å². The zero-order valence-electron chi connectivity index (χ0n) is 42.9.